The minimum atomic E-state index is -0.267. The van der Waals surface area contributed by atoms with Gasteiger partial charge in [-0.15, -0.1) is 0 Å². The van der Waals surface area contributed by atoms with Gasteiger partial charge in [-0.25, -0.2) is 0 Å². The fourth-order valence-electron chi connectivity index (χ4n) is 2.94. The summed E-state index contributed by atoms with van der Waals surface area (Å²) in [4.78, 5) is 23.6. The largest absolute Gasteiger partial charge is 0.496 e. The average Bonchev–Trinajstić information content (AvgIpc) is 2.73. The number of Topliss-reactive ketones (excluding diaryl/α,β-unsaturated/α-hetero) is 1. The predicted molar refractivity (Wildman–Crippen MR) is 113 cm³/mol. The number of benzene rings is 3. The molecule has 0 radical (unpaired) electrons. The van der Waals surface area contributed by atoms with Crippen molar-refractivity contribution in [1.29, 1.82) is 0 Å². The van der Waals surface area contributed by atoms with Crippen molar-refractivity contribution in [3.05, 3.63) is 89.5 Å². The molecule has 1 N–H and O–H groups in total. The van der Waals surface area contributed by atoms with E-state index < -0.39 is 0 Å². The Morgan fingerprint density at radius 2 is 1.66 bits per heavy atom. The van der Waals surface area contributed by atoms with Crippen molar-refractivity contribution in [1.82, 2.24) is 0 Å². The number of rotatable bonds is 8. The van der Waals surface area contributed by atoms with Crippen LogP contribution in [0.2, 0.25) is 0 Å². The number of anilines is 1. The number of ether oxygens (including phenoxy) is 2. The highest BCUT2D eigenvalue weighted by Gasteiger charge is 2.09. The Bertz CT molecular complexity index is 982. The average molecular weight is 389 g/mol. The molecule has 1 amide bonds. The third kappa shape index (κ3) is 5.69. The van der Waals surface area contributed by atoms with E-state index in [0.29, 0.717) is 23.4 Å². The number of hydrogen-bond acceptors (Lipinski definition) is 4. The summed E-state index contributed by atoms with van der Waals surface area (Å²) in [6.07, 6.45) is 0.701. The van der Waals surface area contributed by atoms with Crippen molar-refractivity contribution in [3.8, 4) is 11.5 Å². The molecule has 3 aromatic carbocycles. The lowest BCUT2D eigenvalue weighted by molar-refractivity contribution is -0.118. The zero-order valence-electron chi connectivity index (χ0n) is 16.5. The Hall–Kier alpha value is -3.60. The van der Waals surface area contributed by atoms with Crippen LogP contribution in [0.3, 0.4) is 0 Å². The molecule has 0 aliphatic rings. The summed E-state index contributed by atoms with van der Waals surface area (Å²) < 4.78 is 10.9. The molecule has 29 heavy (non-hydrogen) atoms. The van der Waals surface area contributed by atoms with Crippen molar-refractivity contribution in [2.24, 2.45) is 0 Å². The van der Waals surface area contributed by atoms with E-state index in [0.717, 1.165) is 16.9 Å². The zero-order valence-corrected chi connectivity index (χ0v) is 16.5. The van der Waals surface area contributed by atoms with Gasteiger partial charge in [0.2, 0.25) is 0 Å². The molecule has 0 saturated carbocycles. The summed E-state index contributed by atoms with van der Waals surface area (Å²) in [7, 11) is 1.63. The topological polar surface area (TPSA) is 64.6 Å². The second-order valence-electron chi connectivity index (χ2n) is 6.61. The summed E-state index contributed by atoms with van der Waals surface area (Å²) in [5, 5.41) is 2.85. The highest BCUT2D eigenvalue weighted by Crippen LogP contribution is 2.25. The minimum absolute atomic E-state index is 0.0138. The fraction of sp³-hybridized carbons (Fsp3) is 0.167. The molecule has 0 bridgehead atoms. The van der Waals surface area contributed by atoms with Crippen LogP contribution in [0.1, 0.15) is 28.4 Å². The van der Waals surface area contributed by atoms with E-state index in [4.69, 9.17) is 9.47 Å². The third-order valence-corrected chi connectivity index (χ3v) is 4.43. The van der Waals surface area contributed by atoms with Crippen molar-refractivity contribution >= 4 is 17.4 Å². The molecule has 0 saturated heterocycles. The molecule has 0 heterocycles. The van der Waals surface area contributed by atoms with Crippen LogP contribution in [0.5, 0.6) is 11.5 Å². The highest BCUT2D eigenvalue weighted by atomic mass is 16.5. The van der Waals surface area contributed by atoms with Gasteiger partial charge in [0.15, 0.2) is 12.4 Å². The maximum Gasteiger partial charge on any atom is 0.262 e. The first-order chi connectivity index (χ1) is 14.0. The SMILES string of the molecule is COc1ccc(NC(=O)COc2ccc(C(C)=O)cc2)cc1Cc1ccccc1. The third-order valence-electron chi connectivity index (χ3n) is 4.43. The smallest absolute Gasteiger partial charge is 0.262 e. The summed E-state index contributed by atoms with van der Waals surface area (Å²) in [6, 6.07) is 22.3. The van der Waals surface area contributed by atoms with Gasteiger partial charge in [-0.05, 0) is 55.0 Å². The maximum atomic E-state index is 12.3. The van der Waals surface area contributed by atoms with Gasteiger partial charge in [-0.1, -0.05) is 30.3 Å². The summed E-state index contributed by atoms with van der Waals surface area (Å²) in [5.74, 6) is 1.02. The lowest BCUT2D eigenvalue weighted by Crippen LogP contribution is -2.20. The molecule has 0 unspecified atom stereocenters. The molecular formula is C24H23NO4. The van der Waals surface area contributed by atoms with E-state index >= 15 is 0 Å². The van der Waals surface area contributed by atoms with Crippen LogP contribution in [0.15, 0.2) is 72.8 Å². The Labute approximate surface area is 170 Å². The molecule has 3 aromatic rings. The number of amides is 1. The van der Waals surface area contributed by atoms with Gasteiger partial charge in [-0.3, -0.25) is 9.59 Å². The number of carbonyl (C=O) groups is 2. The van der Waals surface area contributed by atoms with Crippen LogP contribution >= 0.6 is 0 Å². The number of nitrogens with one attached hydrogen (secondary N) is 1. The second kappa shape index (κ2) is 9.55. The van der Waals surface area contributed by atoms with Crippen molar-refractivity contribution in [2.75, 3.05) is 19.0 Å². The zero-order chi connectivity index (χ0) is 20.6. The molecule has 0 aromatic heterocycles. The first-order valence-corrected chi connectivity index (χ1v) is 9.29. The number of methoxy groups -OCH3 is 1. The number of hydrogen-bond donors (Lipinski definition) is 1. The van der Waals surface area contributed by atoms with Gasteiger partial charge in [0.25, 0.3) is 5.91 Å². The quantitative estimate of drug-likeness (QED) is 0.576. The molecule has 0 fully saturated rings. The summed E-state index contributed by atoms with van der Waals surface area (Å²) in [5.41, 5.74) is 3.42. The lowest BCUT2D eigenvalue weighted by atomic mass is 10.0. The maximum absolute atomic E-state index is 12.3. The van der Waals surface area contributed by atoms with Crippen LogP contribution in [0, 0.1) is 0 Å². The van der Waals surface area contributed by atoms with Gasteiger partial charge in [0.05, 0.1) is 7.11 Å². The summed E-state index contributed by atoms with van der Waals surface area (Å²) in [6.45, 7) is 1.38. The van der Waals surface area contributed by atoms with Gasteiger partial charge < -0.3 is 14.8 Å². The second-order valence-corrected chi connectivity index (χ2v) is 6.61. The van der Waals surface area contributed by atoms with Gasteiger partial charge in [-0.2, -0.15) is 0 Å². The van der Waals surface area contributed by atoms with Crippen LogP contribution < -0.4 is 14.8 Å². The fourth-order valence-corrected chi connectivity index (χ4v) is 2.94. The molecule has 3 rings (SSSR count). The van der Waals surface area contributed by atoms with Crippen molar-refractivity contribution in [3.63, 3.8) is 0 Å². The normalized spacial score (nSPS) is 10.3. The Balaban J connectivity index is 1.62. The van der Waals surface area contributed by atoms with E-state index in [-0.39, 0.29) is 18.3 Å². The van der Waals surface area contributed by atoms with E-state index in [2.05, 4.69) is 17.4 Å². The predicted octanol–water partition coefficient (Wildman–Crippen LogP) is 4.51. The van der Waals surface area contributed by atoms with Crippen molar-refractivity contribution < 1.29 is 19.1 Å². The van der Waals surface area contributed by atoms with Crippen molar-refractivity contribution in [2.45, 2.75) is 13.3 Å². The van der Waals surface area contributed by atoms with E-state index in [9.17, 15) is 9.59 Å². The molecule has 5 heteroatoms. The molecule has 0 atom stereocenters. The molecule has 0 spiro atoms. The molecule has 0 aliphatic heterocycles. The standard InChI is InChI=1S/C24H23NO4/c1-17(26)19-8-11-22(12-9-19)29-16-24(27)25-21-10-13-23(28-2)20(15-21)14-18-6-4-3-5-7-18/h3-13,15H,14,16H2,1-2H3,(H,25,27). The molecule has 148 valence electrons. The van der Waals surface area contributed by atoms with E-state index in [1.165, 1.54) is 6.92 Å². The van der Waals surface area contributed by atoms with Gasteiger partial charge in [0, 0.05) is 23.2 Å². The molecule has 0 aliphatic carbocycles. The van der Waals surface area contributed by atoms with E-state index in [1.54, 1.807) is 37.4 Å². The molecule has 5 nitrogen and oxygen atoms in total. The first kappa shape index (κ1) is 20.1. The number of ketones is 1. The van der Waals surface area contributed by atoms with Crippen LogP contribution in [-0.4, -0.2) is 25.4 Å². The highest BCUT2D eigenvalue weighted by molar-refractivity contribution is 5.94. The number of carbonyl (C=O) groups excluding carboxylic acids is 2. The van der Waals surface area contributed by atoms with Crippen LogP contribution in [0.25, 0.3) is 0 Å². The van der Waals surface area contributed by atoms with Gasteiger partial charge in [0.1, 0.15) is 11.5 Å². The Morgan fingerprint density at radius 1 is 0.931 bits per heavy atom. The molecular weight excluding hydrogens is 366 g/mol. The Kier molecular flexibility index (Phi) is 6.63. The van der Waals surface area contributed by atoms with Crippen LogP contribution in [0.4, 0.5) is 5.69 Å². The summed E-state index contributed by atoms with van der Waals surface area (Å²) >= 11 is 0. The van der Waals surface area contributed by atoms with Crippen LogP contribution in [-0.2, 0) is 11.2 Å². The van der Waals surface area contributed by atoms with Gasteiger partial charge >= 0.3 is 0 Å². The first-order valence-electron chi connectivity index (χ1n) is 9.29. The Morgan fingerprint density at radius 3 is 2.31 bits per heavy atom. The monoisotopic (exact) mass is 389 g/mol. The van der Waals surface area contributed by atoms with E-state index in [1.807, 2.05) is 30.3 Å². The minimum Gasteiger partial charge on any atom is -0.496 e. The lowest BCUT2D eigenvalue weighted by Gasteiger charge is -2.12.